The summed E-state index contributed by atoms with van der Waals surface area (Å²) in [5.41, 5.74) is 4.85. The first kappa shape index (κ1) is 48.2. The predicted molar refractivity (Wildman–Crippen MR) is 253 cm³/mol. The molecule has 1 aromatic heterocycles. The van der Waals surface area contributed by atoms with Crippen molar-refractivity contribution in [3.63, 3.8) is 0 Å². The van der Waals surface area contributed by atoms with Gasteiger partial charge in [0.05, 0.1) is 52.2 Å². The number of morpholine rings is 1. The van der Waals surface area contributed by atoms with Crippen LogP contribution in [0.3, 0.4) is 0 Å². The lowest BCUT2D eigenvalue weighted by Crippen LogP contribution is -2.77. The van der Waals surface area contributed by atoms with E-state index in [0.29, 0.717) is 75.5 Å². The highest BCUT2D eigenvalue weighted by molar-refractivity contribution is 6.31. The van der Waals surface area contributed by atoms with Gasteiger partial charge in [0, 0.05) is 101 Å². The number of nitrogens with two attached hydrogens (primary N) is 1. The molecule has 5 amide bonds. The number of imide groups is 2. The van der Waals surface area contributed by atoms with Gasteiger partial charge in [0.2, 0.25) is 5.91 Å². The van der Waals surface area contributed by atoms with E-state index in [9.17, 15) is 29.2 Å². The number of nitriles is 1. The first-order valence-corrected chi connectivity index (χ1v) is 24.2. The number of likely N-dealkylation sites (tertiary alicyclic amines) is 1. The van der Waals surface area contributed by atoms with E-state index < -0.39 is 64.4 Å². The minimum atomic E-state index is -1.25. The van der Waals surface area contributed by atoms with Crippen molar-refractivity contribution < 1.29 is 42.6 Å². The molecule has 69 heavy (non-hydrogen) atoms. The van der Waals surface area contributed by atoms with Gasteiger partial charge < -0.3 is 29.7 Å². The number of fused-ring (bicyclic) bond motifs is 1. The monoisotopic (exact) mass is 967 g/mol. The highest BCUT2D eigenvalue weighted by atomic mass is 35.5. The molecule has 5 aliphatic heterocycles. The van der Waals surface area contributed by atoms with Crippen LogP contribution in [0.2, 0.25) is 5.02 Å². The number of nitrogens with zero attached hydrogens (tertiary/aromatic N) is 8. The van der Waals surface area contributed by atoms with Gasteiger partial charge in [-0.05, 0) is 49.4 Å². The van der Waals surface area contributed by atoms with E-state index in [1.807, 2.05) is 44.7 Å². The number of benzene rings is 2. The van der Waals surface area contributed by atoms with E-state index in [2.05, 4.69) is 19.7 Å². The Bertz CT molecular complexity index is 2570. The number of carbonyl (C=O) groups excluding carboxylic acids is 5. The van der Waals surface area contributed by atoms with Crippen molar-refractivity contribution in [2.75, 3.05) is 95.1 Å². The van der Waals surface area contributed by atoms with Crippen molar-refractivity contribution in [2.45, 2.75) is 71.6 Å². The van der Waals surface area contributed by atoms with Crippen LogP contribution >= 0.6 is 11.6 Å². The Morgan fingerprint density at radius 2 is 1.57 bits per heavy atom. The summed E-state index contributed by atoms with van der Waals surface area (Å²) >= 11 is 6.28. The van der Waals surface area contributed by atoms with Crippen LogP contribution in [-0.2, 0) is 14.3 Å². The second-order valence-electron chi connectivity index (χ2n) is 20.2. The molecule has 17 nitrogen and oxygen atoms in total. The van der Waals surface area contributed by atoms with Crippen molar-refractivity contribution in [2.24, 2.45) is 22.5 Å². The number of rotatable bonds is 13. The Morgan fingerprint density at radius 3 is 2.22 bits per heavy atom. The topological polar surface area (TPSA) is 195 Å². The Balaban J connectivity index is 0.796. The number of amides is 5. The molecular formula is C50H59ClFN9O8. The fourth-order valence-electron chi connectivity index (χ4n) is 11.9. The lowest BCUT2D eigenvalue weighted by atomic mass is 9.48. The highest BCUT2D eigenvalue weighted by Crippen LogP contribution is 2.59. The van der Waals surface area contributed by atoms with Gasteiger partial charge in [-0.2, -0.15) is 5.26 Å². The van der Waals surface area contributed by atoms with Crippen LogP contribution in [0.1, 0.15) is 90.0 Å². The molecule has 0 bridgehead atoms. The molecule has 1 atom stereocenters. The Kier molecular flexibility index (Phi) is 13.4. The molecule has 2 N–H and O–H groups in total. The van der Waals surface area contributed by atoms with Gasteiger partial charge in [0.15, 0.2) is 0 Å². The number of piperidine rings is 2. The number of piperazine rings is 1. The SMILES string of the molecule is CC1(C)C(Oc2ccc(C#N)c(Cl)c2)C(C)(C)C1N1C(=O)CCC(N2C(=O)c3cc(F)c(N4CCN(CC5CCN(c6cc(OCCN7CCOCC7)c(C(N)=O)cn6)CC5)CC4)cc3C2=O)C1=O. The average Bonchev–Trinajstić information content (AvgIpc) is 3.56. The molecule has 0 spiro atoms. The smallest absolute Gasteiger partial charge is 0.262 e. The molecule has 1 unspecified atom stereocenters. The molecular weight excluding hydrogens is 909 g/mol. The molecule has 1 saturated carbocycles. The van der Waals surface area contributed by atoms with Gasteiger partial charge in [-0.1, -0.05) is 39.3 Å². The molecule has 5 fully saturated rings. The molecule has 6 heterocycles. The molecule has 9 rings (SSSR count). The van der Waals surface area contributed by atoms with Crippen LogP contribution in [-0.4, -0.2) is 158 Å². The summed E-state index contributed by atoms with van der Waals surface area (Å²) in [6, 6.07) is 9.26. The molecule has 366 valence electrons. The molecule has 2 aromatic carbocycles. The highest BCUT2D eigenvalue weighted by Gasteiger charge is 2.68. The van der Waals surface area contributed by atoms with Crippen LogP contribution in [0.15, 0.2) is 42.6 Å². The number of ether oxygens (including phenoxy) is 3. The van der Waals surface area contributed by atoms with Gasteiger partial charge in [0.25, 0.3) is 23.6 Å². The minimum absolute atomic E-state index is 0.0334. The predicted octanol–water partition coefficient (Wildman–Crippen LogP) is 4.59. The van der Waals surface area contributed by atoms with Crippen molar-refractivity contribution in [1.29, 1.82) is 5.26 Å². The summed E-state index contributed by atoms with van der Waals surface area (Å²) in [4.78, 5) is 83.9. The second kappa shape index (κ2) is 19.1. The van der Waals surface area contributed by atoms with E-state index in [4.69, 9.17) is 31.5 Å². The van der Waals surface area contributed by atoms with Crippen molar-refractivity contribution >= 4 is 52.6 Å². The standard InChI is InChI=1S/C50H59ClFN9O8/c1-49(2)47(50(3,4)48(49)69-32-6-5-31(27-53)36(51)23-32)61-42(62)8-7-38(46(61)66)60-44(64)33-24-37(52)39(25-34(33)45(60)65)58-15-13-57(14-16-58)29-30-9-11-59(12-10-30)41-26-40(35(28-55-41)43(54)63)68-22-19-56-17-20-67-21-18-56/h5-6,23-26,28,30,38,47-48H,7-22,29H2,1-4H3,(H2,54,63). The Morgan fingerprint density at radius 1 is 0.884 bits per heavy atom. The third kappa shape index (κ3) is 9.10. The molecule has 0 radical (unpaired) electrons. The summed E-state index contributed by atoms with van der Waals surface area (Å²) in [7, 11) is 0. The van der Waals surface area contributed by atoms with Crippen molar-refractivity contribution in [3.8, 4) is 17.6 Å². The first-order valence-electron chi connectivity index (χ1n) is 23.9. The van der Waals surface area contributed by atoms with Gasteiger partial charge in [-0.15, -0.1) is 0 Å². The van der Waals surface area contributed by atoms with Crippen LogP contribution in [0.5, 0.6) is 11.5 Å². The summed E-state index contributed by atoms with van der Waals surface area (Å²) in [5.74, 6) is -1.67. The van der Waals surface area contributed by atoms with Gasteiger partial charge in [0.1, 0.15) is 48.0 Å². The summed E-state index contributed by atoms with van der Waals surface area (Å²) in [6.07, 6.45) is 2.79. The Hall–Kier alpha value is -5.87. The number of primary amides is 1. The first-order chi connectivity index (χ1) is 33.0. The quantitative estimate of drug-likeness (QED) is 0.234. The van der Waals surface area contributed by atoms with Crippen LogP contribution in [0.4, 0.5) is 15.9 Å². The maximum atomic E-state index is 16.0. The third-order valence-corrected chi connectivity index (χ3v) is 15.4. The maximum absolute atomic E-state index is 16.0. The van der Waals surface area contributed by atoms with Crippen LogP contribution in [0.25, 0.3) is 0 Å². The zero-order valence-corrected chi connectivity index (χ0v) is 40.3. The number of pyridine rings is 1. The zero-order chi connectivity index (χ0) is 48.9. The second-order valence-corrected chi connectivity index (χ2v) is 20.6. The summed E-state index contributed by atoms with van der Waals surface area (Å²) in [6.45, 7) is 16.6. The Labute approximate surface area is 406 Å². The zero-order valence-electron chi connectivity index (χ0n) is 39.5. The van der Waals surface area contributed by atoms with Crippen molar-refractivity contribution in [3.05, 3.63) is 75.7 Å². The third-order valence-electron chi connectivity index (χ3n) is 15.1. The maximum Gasteiger partial charge on any atom is 0.262 e. The molecule has 3 aromatic rings. The number of anilines is 2. The van der Waals surface area contributed by atoms with Gasteiger partial charge in [-0.3, -0.25) is 43.6 Å². The normalized spacial score (nSPS) is 24.3. The van der Waals surface area contributed by atoms with E-state index in [-0.39, 0.29) is 40.2 Å². The lowest BCUT2D eigenvalue weighted by Gasteiger charge is -2.65. The summed E-state index contributed by atoms with van der Waals surface area (Å²) < 4.78 is 33.9. The molecule has 19 heteroatoms. The number of halogens is 2. The average molecular weight is 969 g/mol. The van der Waals surface area contributed by atoms with E-state index in [1.54, 1.807) is 18.2 Å². The number of hydrogen-bond donors (Lipinski definition) is 1. The van der Waals surface area contributed by atoms with Gasteiger partial charge >= 0.3 is 0 Å². The van der Waals surface area contributed by atoms with E-state index in [0.717, 1.165) is 62.3 Å². The fourth-order valence-corrected chi connectivity index (χ4v) is 12.1. The molecule has 1 aliphatic carbocycles. The number of aromatic nitrogens is 1. The summed E-state index contributed by atoms with van der Waals surface area (Å²) in [5, 5.41) is 9.55. The van der Waals surface area contributed by atoms with E-state index in [1.165, 1.54) is 17.2 Å². The van der Waals surface area contributed by atoms with Crippen LogP contribution < -0.4 is 25.0 Å². The van der Waals surface area contributed by atoms with Gasteiger partial charge in [-0.25, -0.2) is 9.37 Å². The largest absolute Gasteiger partial charge is 0.491 e. The lowest BCUT2D eigenvalue weighted by molar-refractivity contribution is -0.216. The number of hydrogen-bond acceptors (Lipinski definition) is 14. The number of carbonyl (C=O) groups is 5. The fraction of sp³-hybridized carbons (Fsp3) is 0.540. The molecule has 4 saturated heterocycles. The minimum Gasteiger partial charge on any atom is -0.491 e. The van der Waals surface area contributed by atoms with Crippen molar-refractivity contribution in [1.82, 2.24) is 24.6 Å². The van der Waals surface area contributed by atoms with E-state index >= 15 is 4.39 Å². The molecule has 6 aliphatic rings. The van der Waals surface area contributed by atoms with Crippen LogP contribution in [0, 0.1) is 33.9 Å².